The van der Waals surface area contributed by atoms with E-state index in [4.69, 9.17) is 14.2 Å². The summed E-state index contributed by atoms with van der Waals surface area (Å²) >= 11 is 0. The number of carbonyl (C=O) groups excluding carboxylic acids is 1. The number of benzene rings is 2. The molecule has 2 aromatic carbocycles. The van der Waals surface area contributed by atoms with Crippen LogP contribution in [0.3, 0.4) is 0 Å². The van der Waals surface area contributed by atoms with E-state index in [-0.39, 0.29) is 12.8 Å². The van der Waals surface area contributed by atoms with Gasteiger partial charge in [-0.25, -0.2) is 0 Å². The summed E-state index contributed by atoms with van der Waals surface area (Å²) in [6.07, 6.45) is -6.40. The van der Waals surface area contributed by atoms with Crippen LogP contribution in [0.15, 0.2) is 36.4 Å². The van der Waals surface area contributed by atoms with Crippen LogP contribution in [0.1, 0.15) is 12.8 Å². The Kier molecular flexibility index (Phi) is 2.89. The third kappa shape index (κ3) is 1.50. The lowest BCUT2D eigenvalue weighted by Crippen LogP contribution is -2.80. The van der Waals surface area contributed by atoms with Crippen LogP contribution in [0.4, 0.5) is 0 Å². The number of ether oxygens (including phenoxy) is 3. The molecule has 0 aromatic heterocycles. The minimum absolute atomic E-state index is 0.0290. The largest absolute Gasteiger partial charge is 0.446 e. The number of Topliss-reactive ketones (excluding diaryl/α,β-unsaturated/α-hetero) is 1. The molecule has 8 heteroatoms. The van der Waals surface area contributed by atoms with Crippen LogP contribution >= 0.6 is 0 Å². The van der Waals surface area contributed by atoms with Crippen LogP contribution in [-0.4, -0.2) is 67.6 Å². The number of epoxide rings is 1. The fraction of sp³-hybridized carbons (Fsp3) is 0.450. The van der Waals surface area contributed by atoms with Crippen molar-refractivity contribution >= 4 is 16.6 Å². The predicted molar refractivity (Wildman–Crippen MR) is 92.8 cm³/mol. The second kappa shape index (κ2) is 4.84. The van der Waals surface area contributed by atoms with Gasteiger partial charge in [-0.15, -0.1) is 0 Å². The predicted octanol–water partition coefficient (Wildman–Crippen LogP) is -0.365. The van der Waals surface area contributed by atoms with Crippen molar-refractivity contribution in [1.29, 1.82) is 0 Å². The van der Waals surface area contributed by atoms with E-state index < -0.39 is 47.2 Å². The topological polar surface area (TPSA) is 129 Å². The van der Waals surface area contributed by atoms with E-state index >= 15 is 0 Å². The number of hydrogen-bond acceptors (Lipinski definition) is 8. The molecule has 1 saturated heterocycles. The molecule has 8 nitrogen and oxygen atoms in total. The van der Waals surface area contributed by atoms with Gasteiger partial charge in [0.1, 0.15) is 23.7 Å². The van der Waals surface area contributed by atoms with Gasteiger partial charge in [-0.3, -0.25) is 4.79 Å². The number of aliphatic hydroxyl groups excluding tert-OH is 4. The van der Waals surface area contributed by atoms with E-state index in [1.165, 1.54) is 0 Å². The van der Waals surface area contributed by atoms with Crippen molar-refractivity contribution in [2.45, 2.75) is 54.2 Å². The first-order chi connectivity index (χ1) is 13.4. The Bertz CT molecular complexity index is 995. The van der Waals surface area contributed by atoms with Crippen LogP contribution in [-0.2, 0) is 9.53 Å². The molecule has 4 N–H and O–H groups in total. The van der Waals surface area contributed by atoms with Crippen LogP contribution in [0, 0.1) is 0 Å². The van der Waals surface area contributed by atoms with Crippen LogP contribution in [0.5, 0.6) is 11.5 Å². The maximum absolute atomic E-state index is 13.1. The first-order valence-electron chi connectivity index (χ1n) is 9.24. The molecule has 1 spiro atoms. The summed E-state index contributed by atoms with van der Waals surface area (Å²) in [5, 5.41) is 44.3. The molecule has 28 heavy (non-hydrogen) atoms. The van der Waals surface area contributed by atoms with E-state index in [1.54, 1.807) is 24.3 Å². The Balaban J connectivity index is 1.62. The first-order valence-corrected chi connectivity index (χ1v) is 9.24. The summed E-state index contributed by atoms with van der Waals surface area (Å²) in [7, 11) is 0. The molecule has 4 aliphatic rings. The van der Waals surface area contributed by atoms with E-state index in [1.807, 2.05) is 12.1 Å². The molecule has 2 saturated carbocycles. The van der Waals surface area contributed by atoms with E-state index in [0.29, 0.717) is 16.9 Å². The van der Waals surface area contributed by atoms with Crippen molar-refractivity contribution in [3.63, 3.8) is 0 Å². The molecule has 146 valence electrons. The van der Waals surface area contributed by atoms with E-state index in [2.05, 4.69) is 0 Å². The highest BCUT2D eigenvalue weighted by molar-refractivity contribution is 5.98. The molecule has 0 bridgehead atoms. The van der Waals surface area contributed by atoms with Crippen LogP contribution < -0.4 is 9.47 Å². The zero-order chi connectivity index (χ0) is 19.5. The maximum atomic E-state index is 13.1. The number of aliphatic hydroxyl groups is 4. The van der Waals surface area contributed by atoms with E-state index in [0.717, 1.165) is 5.39 Å². The van der Waals surface area contributed by atoms with Crippen molar-refractivity contribution in [2.24, 2.45) is 0 Å². The molecular formula is C20H18O8. The van der Waals surface area contributed by atoms with Crippen molar-refractivity contribution in [3.05, 3.63) is 36.4 Å². The molecule has 2 aromatic rings. The molecule has 6 rings (SSSR count). The first kappa shape index (κ1) is 16.7. The Morgan fingerprint density at radius 2 is 1.57 bits per heavy atom. The lowest BCUT2D eigenvalue weighted by atomic mass is 9.62. The fourth-order valence-corrected chi connectivity index (χ4v) is 5.38. The van der Waals surface area contributed by atoms with Gasteiger partial charge in [-0.2, -0.15) is 0 Å². The normalized spacial score (nSPS) is 42.4. The van der Waals surface area contributed by atoms with Gasteiger partial charge >= 0.3 is 5.79 Å². The third-order valence-electron chi connectivity index (χ3n) is 6.68. The number of hydrogen-bond donors (Lipinski definition) is 4. The van der Waals surface area contributed by atoms with E-state index in [9.17, 15) is 25.2 Å². The number of ketones is 1. The van der Waals surface area contributed by atoms with Gasteiger partial charge < -0.3 is 34.6 Å². The van der Waals surface area contributed by atoms with Crippen LogP contribution in [0.2, 0.25) is 0 Å². The van der Waals surface area contributed by atoms with Gasteiger partial charge in [0, 0.05) is 6.42 Å². The molecule has 3 fully saturated rings. The number of rotatable bonds is 0. The summed E-state index contributed by atoms with van der Waals surface area (Å²) in [4.78, 5) is 13.1. The molecule has 0 radical (unpaired) electrons. The molecule has 2 heterocycles. The average Bonchev–Trinajstić information content (AvgIpc) is 3.44. The maximum Gasteiger partial charge on any atom is 0.319 e. The minimum Gasteiger partial charge on any atom is -0.446 e. The minimum atomic E-state index is -2.13. The lowest BCUT2D eigenvalue weighted by molar-refractivity contribution is -0.275. The van der Waals surface area contributed by atoms with Gasteiger partial charge in [0.05, 0.1) is 11.5 Å². The monoisotopic (exact) mass is 386 g/mol. The molecule has 6 atom stereocenters. The highest BCUT2D eigenvalue weighted by atomic mass is 16.8. The Morgan fingerprint density at radius 1 is 0.929 bits per heavy atom. The second-order valence-corrected chi connectivity index (χ2v) is 7.92. The second-order valence-electron chi connectivity index (χ2n) is 7.92. The van der Waals surface area contributed by atoms with Gasteiger partial charge in [-0.05, 0) is 23.9 Å². The SMILES string of the molecule is O=C1CC[C@@H](O)C23OC12C1(Oc2cccc4cccc(c24)O1)[C@H](O)[C@@H](O)[C@@H]3O. The van der Waals surface area contributed by atoms with Gasteiger partial charge in [0.25, 0.3) is 0 Å². The Labute approximate surface area is 158 Å². The summed E-state index contributed by atoms with van der Waals surface area (Å²) in [5.41, 5.74) is -3.72. The molecule has 2 aliphatic heterocycles. The zero-order valence-electron chi connectivity index (χ0n) is 14.6. The average molecular weight is 386 g/mol. The zero-order valence-corrected chi connectivity index (χ0v) is 14.6. The number of carbonyl (C=O) groups is 1. The smallest absolute Gasteiger partial charge is 0.319 e. The van der Waals surface area contributed by atoms with Crippen molar-refractivity contribution in [2.75, 3.05) is 0 Å². The van der Waals surface area contributed by atoms with Gasteiger partial charge in [-0.1, -0.05) is 24.3 Å². The molecule has 2 unspecified atom stereocenters. The summed E-state index contributed by atoms with van der Waals surface area (Å²) in [6.45, 7) is 0. The Morgan fingerprint density at radius 3 is 2.21 bits per heavy atom. The standard InChI is InChI=1S/C20H18O8/c21-12-7-8-13(22)19-18(12,28-19)16(24)15(23)17(25)20(19)26-10-5-1-3-9-4-2-6-11(27-20)14(9)10/h1-6,12,15-17,21,23-25H,7-8H2/t12-,15+,16+,17-,18?,19?/m1/s1. The quantitative estimate of drug-likeness (QED) is 0.452. The lowest BCUT2D eigenvalue weighted by Gasteiger charge is -2.51. The molecule has 0 amide bonds. The fourth-order valence-electron chi connectivity index (χ4n) is 5.38. The van der Waals surface area contributed by atoms with Gasteiger partial charge in [0.2, 0.25) is 5.60 Å². The van der Waals surface area contributed by atoms with Crippen LogP contribution in [0.25, 0.3) is 10.8 Å². The van der Waals surface area contributed by atoms with Crippen molar-refractivity contribution < 1.29 is 39.4 Å². The van der Waals surface area contributed by atoms with Gasteiger partial charge in [0.15, 0.2) is 17.5 Å². The highest BCUT2D eigenvalue weighted by Gasteiger charge is 2.96. The summed E-state index contributed by atoms with van der Waals surface area (Å²) in [6, 6.07) is 10.6. The van der Waals surface area contributed by atoms with Crippen molar-refractivity contribution in [3.8, 4) is 11.5 Å². The summed E-state index contributed by atoms with van der Waals surface area (Å²) < 4.78 is 18.0. The summed E-state index contributed by atoms with van der Waals surface area (Å²) in [5.74, 6) is -1.87. The van der Waals surface area contributed by atoms with Crippen molar-refractivity contribution in [1.82, 2.24) is 0 Å². The third-order valence-corrected chi connectivity index (χ3v) is 6.68. The Hall–Kier alpha value is -2.23. The molecular weight excluding hydrogens is 368 g/mol. The highest BCUT2D eigenvalue weighted by Crippen LogP contribution is 2.68. The molecule has 2 aliphatic carbocycles.